The van der Waals surface area contributed by atoms with Crippen LogP contribution in [0.1, 0.15) is 17.7 Å². The number of aromatic nitrogens is 3. The second-order valence-electron chi connectivity index (χ2n) is 7.25. The van der Waals surface area contributed by atoms with Crippen LogP contribution in [0.3, 0.4) is 0 Å². The second-order valence-corrected chi connectivity index (χ2v) is 9.16. The number of piperazine rings is 1. The largest absolute Gasteiger partial charge is 0.352 e. The van der Waals surface area contributed by atoms with Gasteiger partial charge in [-0.05, 0) is 43.0 Å². The van der Waals surface area contributed by atoms with Gasteiger partial charge in [-0.25, -0.2) is 8.42 Å². The first-order valence-corrected chi connectivity index (χ1v) is 11.0. The number of hydrogen-bond acceptors (Lipinski definition) is 6. The van der Waals surface area contributed by atoms with Crippen molar-refractivity contribution in [3.8, 4) is 0 Å². The topological polar surface area (TPSA) is 79.3 Å². The quantitative estimate of drug-likeness (QED) is 0.675. The zero-order valence-corrected chi connectivity index (χ0v) is 16.3. The molecule has 0 saturated carbocycles. The molecule has 1 saturated heterocycles. The summed E-state index contributed by atoms with van der Waals surface area (Å²) in [7, 11) is -3.60. The van der Waals surface area contributed by atoms with Crippen LogP contribution in [-0.4, -0.2) is 54.1 Å². The number of aryl methyl sites for hydroxylation is 2. The third kappa shape index (κ3) is 2.93. The molecule has 0 N–H and O–H groups in total. The lowest BCUT2D eigenvalue weighted by Gasteiger charge is -2.34. The predicted molar refractivity (Wildman–Crippen MR) is 107 cm³/mol. The van der Waals surface area contributed by atoms with E-state index in [-0.39, 0.29) is 4.90 Å². The Kier molecular flexibility index (Phi) is 4.25. The summed E-state index contributed by atoms with van der Waals surface area (Å²) in [5.74, 6) is 0.851. The molecule has 0 radical (unpaired) electrons. The summed E-state index contributed by atoms with van der Waals surface area (Å²) < 4.78 is 28.0. The van der Waals surface area contributed by atoms with Crippen LogP contribution in [0.5, 0.6) is 0 Å². The molecule has 1 aliphatic heterocycles. The van der Waals surface area contributed by atoms with Crippen molar-refractivity contribution in [2.75, 3.05) is 31.1 Å². The molecule has 1 aromatic carbocycles. The Morgan fingerprint density at radius 2 is 1.75 bits per heavy atom. The van der Waals surface area contributed by atoms with Crippen molar-refractivity contribution in [3.05, 3.63) is 53.9 Å². The van der Waals surface area contributed by atoms with Crippen LogP contribution in [0.2, 0.25) is 0 Å². The molecule has 144 valence electrons. The maximum Gasteiger partial charge on any atom is 0.245 e. The fraction of sp³-hybridized carbons (Fsp3) is 0.350. The Morgan fingerprint density at radius 1 is 0.929 bits per heavy atom. The van der Waals surface area contributed by atoms with E-state index < -0.39 is 10.0 Å². The molecule has 2 aromatic heterocycles. The summed E-state index contributed by atoms with van der Waals surface area (Å²) >= 11 is 0. The number of rotatable bonds is 3. The Bertz CT molecular complexity index is 1140. The molecule has 8 heteroatoms. The van der Waals surface area contributed by atoms with Crippen molar-refractivity contribution in [2.45, 2.75) is 24.2 Å². The molecule has 1 aliphatic carbocycles. The smallest absolute Gasteiger partial charge is 0.245 e. The highest BCUT2D eigenvalue weighted by atomic mass is 32.2. The minimum Gasteiger partial charge on any atom is -0.352 e. The van der Waals surface area contributed by atoms with Crippen LogP contribution >= 0.6 is 0 Å². The third-order valence-electron chi connectivity index (χ3n) is 5.58. The summed E-state index contributed by atoms with van der Waals surface area (Å²) in [6, 6.07) is 11.1. The number of nitrogens with zero attached hydrogens (tertiary/aromatic N) is 5. The summed E-state index contributed by atoms with van der Waals surface area (Å²) in [6.07, 6.45) is 4.83. The Labute approximate surface area is 164 Å². The summed E-state index contributed by atoms with van der Waals surface area (Å²) in [5, 5.41) is 9.54. The van der Waals surface area contributed by atoms with Gasteiger partial charge in [0.2, 0.25) is 10.0 Å². The van der Waals surface area contributed by atoms with Crippen molar-refractivity contribution < 1.29 is 8.42 Å². The predicted octanol–water partition coefficient (Wildman–Crippen LogP) is 2.02. The van der Waals surface area contributed by atoms with E-state index in [1.807, 2.05) is 18.2 Å². The van der Waals surface area contributed by atoms with Gasteiger partial charge in [0, 0.05) is 37.8 Å². The Hall–Kier alpha value is -2.58. The van der Waals surface area contributed by atoms with E-state index in [0.717, 1.165) is 36.2 Å². The van der Waals surface area contributed by atoms with Gasteiger partial charge >= 0.3 is 0 Å². The van der Waals surface area contributed by atoms with Crippen molar-refractivity contribution in [3.63, 3.8) is 0 Å². The molecular formula is C20H21N5O2S. The fourth-order valence-corrected chi connectivity index (χ4v) is 5.64. The van der Waals surface area contributed by atoms with Gasteiger partial charge in [-0.3, -0.25) is 4.98 Å². The third-order valence-corrected chi connectivity index (χ3v) is 7.51. The minimum atomic E-state index is -3.60. The maximum atomic E-state index is 13.2. The lowest BCUT2D eigenvalue weighted by Crippen LogP contribution is -2.49. The number of hydrogen-bond donors (Lipinski definition) is 0. The van der Waals surface area contributed by atoms with Gasteiger partial charge in [0.25, 0.3) is 0 Å². The number of anilines is 1. The Morgan fingerprint density at radius 3 is 2.61 bits per heavy atom. The SMILES string of the molecule is O=S(=O)(c1cccc2cccnc12)N1CCN(c2cc3c(nn2)CCC3)CC1. The lowest BCUT2D eigenvalue weighted by molar-refractivity contribution is 0.383. The zero-order valence-electron chi connectivity index (χ0n) is 15.5. The first-order chi connectivity index (χ1) is 13.6. The first-order valence-electron chi connectivity index (χ1n) is 9.57. The summed E-state index contributed by atoms with van der Waals surface area (Å²) in [4.78, 5) is 6.70. The highest BCUT2D eigenvalue weighted by Crippen LogP contribution is 2.27. The molecule has 7 nitrogen and oxygen atoms in total. The number of para-hydroxylation sites is 1. The van der Waals surface area contributed by atoms with E-state index in [4.69, 9.17) is 0 Å². The number of pyridine rings is 1. The standard InChI is InChI=1S/C20H21N5O2S/c26-28(27,18-8-2-4-15-6-3-9-21-20(15)18)25-12-10-24(11-13-25)19-14-16-5-1-7-17(16)22-23-19/h2-4,6,8-9,14H,1,5,7,10-13H2. The molecule has 0 unspecified atom stereocenters. The normalized spacial score (nSPS) is 17.8. The van der Waals surface area contributed by atoms with Gasteiger partial charge in [0.15, 0.2) is 5.82 Å². The summed E-state index contributed by atoms with van der Waals surface area (Å²) in [5.41, 5.74) is 2.91. The highest BCUT2D eigenvalue weighted by molar-refractivity contribution is 7.89. The molecule has 0 amide bonds. The minimum absolute atomic E-state index is 0.274. The fourth-order valence-electron chi connectivity index (χ4n) is 4.05. The molecule has 2 aliphatic rings. The van der Waals surface area contributed by atoms with Gasteiger partial charge in [0.1, 0.15) is 4.90 Å². The second kappa shape index (κ2) is 6.79. The van der Waals surface area contributed by atoms with Gasteiger partial charge < -0.3 is 4.90 Å². The molecule has 3 heterocycles. The molecule has 28 heavy (non-hydrogen) atoms. The molecule has 3 aromatic rings. The monoisotopic (exact) mass is 395 g/mol. The maximum absolute atomic E-state index is 13.2. The van der Waals surface area contributed by atoms with E-state index in [1.165, 1.54) is 5.56 Å². The zero-order chi connectivity index (χ0) is 19.1. The van der Waals surface area contributed by atoms with Crippen LogP contribution in [-0.2, 0) is 22.9 Å². The number of fused-ring (bicyclic) bond motifs is 2. The van der Waals surface area contributed by atoms with Gasteiger partial charge in [-0.15, -0.1) is 5.10 Å². The lowest BCUT2D eigenvalue weighted by atomic mass is 10.2. The van der Waals surface area contributed by atoms with Crippen LogP contribution in [0.15, 0.2) is 47.5 Å². The van der Waals surface area contributed by atoms with E-state index in [2.05, 4.69) is 26.1 Å². The molecule has 0 spiro atoms. The number of sulfonamides is 1. The van der Waals surface area contributed by atoms with Crippen LogP contribution in [0.25, 0.3) is 10.9 Å². The average Bonchev–Trinajstić information content (AvgIpc) is 3.21. The van der Waals surface area contributed by atoms with E-state index >= 15 is 0 Å². The molecule has 1 fully saturated rings. The average molecular weight is 395 g/mol. The summed E-state index contributed by atoms with van der Waals surface area (Å²) in [6.45, 7) is 2.05. The van der Waals surface area contributed by atoms with Crippen molar-refractivity contribution in [1.29, 1.82) is 0 Å². The number of benzene rings is 1. The van der Waals surface area contributed by atoms with Crippen LogP contribution in [0, 0.1) is 0 Å². The van der Waals surface area contributed by atoms with Crippen molar-refractivity contribution in [1.82, 2.24) is 19.5 Å². The van der Waals surface area contributed by atoms with Crippen LogP contribution < -0.4 is 4.90 Å². The van der Waals surface area contributed by atoms with Crippen molar-refractivity contribution in [2.24, 2.45) is 0 Å². The molecular weight excluding hydrogens is 374 g/mol. The molecule has 0 bridgehead atoms. The van der Waals surface area contributed by atoms with Gasteiger partial charge in [-0.1, -0.05) is 18.2 Å². The van der Waals surface area contributed by atoms with Crippen LogP contribution in [0.4, 0.5) is 5.82 Å². The molecule has 0 atom stereocenters. The Balaban J connectivity index is 1.37. The van der Waals surface area contributed by atoms with E-state index in [9.17, 15) is 8.42 Å². The first kappa shape index (κ1) is 17.5. The highest BCUT2D eigenvalue weighted by Gasteiger charge is 2.31. The van der Waals surface area contributed by atoms with Gasteiger partial charge in [-0.2, -0.15) is 9.40 Å². The van der Waals surface area contributed by atoms with E-state index in [0.29, 0.717) is 31.7 Å². The van der Waals surface area contributed by atoms with Gasteiger partial charge in [0.05, 0.1) is 11.2 Å². The van der Waals surface area contributed by atoms with Crippen molar-refractivity contribution >= 4 is 26.7 Å². The molecule has 5 rings (SSSR count). The van der Waals surface area contributed by atoms with E-state index in [1.54, 1.807) is 22.6 Å².